The first-order chi connectivity index (χ1) is 10.9. The molecule has 1 amide bonds. The van der Waals surface area contributed by atoms with Gasteiger partial charge >= 0.3 is 6.18 Å². The smallest absolute Gasteiger partial charge is 0.309 e. The zero-order valence-electron chi connectivity index (χ0n) is 12.6. The number of carbonyl (C=O) groups is 1. The van der Waals surface area contributed by atoms with Crippen molar-refractivity contribution < 1.29 is 18.0 Å². The molecule has 0 bridgehead atoms. The Morgan fingerprint density at radius 1 is 1.17 bits per heavy atom. The molecule has 5 heteroatoms. The Kier molecular flexibility index (Phi) is 3.88. The lowest BCUT2D eigenvalue weighted by molar-refractivity contribution is -0.137. The van der Waals surface area contributed by atoms with Gasteiger partial charge < -0.3 is 4.90 Å². The average Bonchev–Trinajstić information content (AvgIpc) is 2.82. The molecule has 2 nitrogen and oxygen atoms in total. The maximum atomic E-state index is 12.8. The molecule has 0 spiro atoms. The number of alkyl halides is 3. The molecule has 2 aromatic carbocycles. The van der Waals surface area contributed by atoms with E-state index in [9.17, 15) is 18.0 Å². The van der Waals surface area contributed by atoms with Crippen molar-refractivity contribution in [3.05, 3.63) is 65.2 Å². The number of anilines is 1. The van der Waals surface area contributed by atoms with E-state index in [0.29, 0.717) is 5.56 Å². The van der Waals surface area contributed by atoms with Crippen LogP contribution < -0.4 is 4.90 Å². The summed E-state index contributed by atoms with van der Waals surface area (Å²) in [5, 5.41) is 0. The van der Waals surface area contributed by atoms with Crippen LogP contribution in [0.3, 0.4) is 0 Å². The van der Waals surface area contributed by atoms with Gasteiger partial charge in [-0.3, -0.25) is 4.79 Å². The van der Waals surface area contributed by atoms with Crippen molar-refractivity contribution in [2.75, 3.05) is 4.90 Å². The number of carbonyl (C=O) groups excluding carboxylic acids is 1. The summed E-state index contributed by atoms with van der Waals surface area (Å²) in [6.45, 7) is 1.95. The van der Waals surface area contributed by atoms with Gasteiger partial charge in [-0.05, 0) is 36.6 Å². The van der Waals surface area contributed by atoms with Crippen LogP contribution >= 0.6 is 0 Å². The summed E-state index contributed by atoms with van der Waals surface area (Å²) in [5.74, 6) is -0.179. The highest BCUT2D eigenvalue weighted by molar-refractivity contribution is 5.97. The predicted molar refractivity (Wildman–Crippen MR) is 82.2 cm³/mol. The molecule has 1 heterocycles. The Hall–Kier alpha value is -2.30. The zero-order chi connectivity index (χ0) is 16.6. The minimum atomic E-state index is -4.40. The lowest BCUT2D eigenvalue weighted by atomic mass is 10.1. The molecule has 0 saturated carbocycles. The maximum absolute atomic E-state index is 12.8. The van der Waals surface area contributed by atoms with E-state index in [1.165, 1.54) is 6.07 Å². The molecule has 2 aromatic rings. The van der Waals surface area contributed by atoms with Crippen LogP contribution in [0.5, 0.6) is 0 Å². The molecule has 0 aliphatic carbocycles. The molecular formula is C18H16F3NO. The number of hydrogen-bond donors (Lipinski definition) is 0. The van der Waals surface area contributed by atoms with Crippen molar-refractivity contribution >= 4 is 11.6 Å². The van der Waals surface area contributed by atoms with Crippen molar-refractivity contribution in [1.82, 2.24) is 0 Å². The quantitative estimate of drug-likeness (QED) is 0.811. The summed E-state index contributed by atoms with van der Waals surface area (Å²) in [5.41, 5.74) is 1.61. The first-order valence-electron chi connectivity index (χ1n) is 7.42. The van der Waals surface area contributed by atoms with Gasteiger partial charge in [-0.1, -0.05) is 36.4 Å². The van der Waals surface area contributed by atoms with E-state index in [0.717, 1.165) is 29.8 Å². The van der Waals surface area contributed by atoms with Gasteiger partial charge in [-0.15, -0.1) is 0 Å². The molecule has 1 unspecified atom stereocenters. The third kappa shape index (κ3) is 3.09. The standard InChI is InChI=1S/C18H16F3NO/c1-12-9-14-6-2-3-8-16(14)22(12)17(23)11-13-5-4-7-15(10-13)18(19,20)21/h2-8,10,12H,9,11H2,1H3. The first kappa shape index (κ1) is 15.6. The Morgan fingerprint density at radius 2 is 1.91 bits per heavy atom. The molecule has 0 fully saturated rings. The molecule has 0 radical (unpaired) electrons. The number of rotatable bonds is 2. The van der Waals surface area contributed by atoms with E-state index in [4.69, 9.17) is 0 Å². The SMILES string of the molecule is CC1Cc2ccccc2N1C(=O)Cc1cccc(C(F)(F)F)c1. The van der Waals surface area contributed by atoms with E-state index in [1.54, 1.807) is 11.0 Å². The molecule has 1 atom stereocenters. The van der Waals surface area contributed by atoms with Crippen molar-refractivity contribution in [3.8, 4) is 0 Å². The summed E-state index contributed by atoms with van der Waals surface area (Å²) in [7, 11) is 0. The number of fused-ring (bicyclic) bond motifs is 1. The molecular weight excluding hydrogens is 303 g/mol. The van der Waals surface area contributed by atoms with E-state index >= 15 is 0 Å². The zero-order valence-corrected chi connectivity index (χ0v) is 12.6. The number of para-hydroxylation sites is 1. The van der Waals surface area contributed by atoms with Gasteiger partial charge in [0, 0.05) is 11.7 Å². The summed E-state index contributed by atoms with van der Waals surface area (Å²) < 4.78 is 38.3. The fraction of sp³-hybridized carbons (Fsp3) is 0.278. The summed E-state index contributed by atoms with van der Waals surface area (Å²) >= 11 is 0. The second-order valence-electron chi connectivity index (χ2n) is 5.82. The van der Waals surface area contributed by atoms with Crippen LogP contribution in [-0.2, 0) is 23.8 Å². The molecule has 1 aliphatic rings. The van der Waals surface area contributed by atoms with Crippen molar-refractivity contribution in [2.45, 2.75) is 32.0 Å². The lowest BCUT2D eigenvalue weighted by Crippen LogP contribution is -2.36. The van der Waals surface area contributed by atoms with Crippen molar-refractivity contribution in [2.24, 2.45) is 0 Å². The normalized spacial score (nSPS) is 17.2. The second kappa shape index (κ2) is 5.72. The highest BCUT2D eigenvalue weighted by Crippen LogP contribution is 2.33. The molecule has 1 aliphatic heterocycles. The van der Waals surface area contributed by atoms with E-state index in [2.05, 4.69) is 0 Å². The second-order valence-corrected chi connectivity index (χ2v) is 5.82. The van der Waals surface area contributed by atoms with E-state index in [-0.39, 0.29) is 18.4 Å². The number of hydrogen-bond acceptors (Lipinski definition) is 1. The van der Waals surface area contributed by atoms with Crippen LogP contribution in [-0.4, -0.2) is 11.9 Å². The van der Waals surface area contributed by atoms with Crippen LogP contribution in [0, 0.1) is 0 Å². The first-order valence-corrected chi connectivity index (χ1v) is 7.42. The van der Waals surface area contributed by atoms with Gasteiger partial charge in [-0.25, -0.2) is 0 Å². The largest absolute Gasteiger partial charge is 0.416 e. The fourth-order valence-corrected chi connectivity index (χ4v) is 3.06. The molecule has 23 heavy (non-hydrogen) atoms. The maximum Gasteiger partial charge on any atom is 0.416 e. The number of amides is 1. The van der Waals surface area contributed by atoms with Gasteiger partial charge in [-0.2, -0.15) is 13.2 Å². The summed E-state index contributed by atoms with van der Waals surface area (Å²) in [6, 6.07) is 12.6. The van der Waals surface area contributed by atoms with Crippen LogP contribution in [0.4, 0.5) is 18.9 Å². The highest BCUT2D eigenvalue weighted by Gasteiger charge is 2.32. The monoisotopic (exact) mass is 319 g/mol. The van der Waals surface area contributed by atoms with E-state index < -0.39 is 11.7 Å². The Bertz CT molecular complexity index is 739. The van der Waals surface area contributed by atoms with Crippen molar-refractivity contribution in [1.29, 1.82) is 0 Å². The summed E-state index contributed by atoms with van der Waals surface area (Å²) in [6.07, 6.45) is -3.67. The third-order valence-corrected chi connectivity index (χ3v) is 4.09. The number of halogens is 3. The number of benzene rings is 2. The van der Waals surface area contributed by atoms with Gasteiger partial charge in [0.1, 0.15) is 0 Å². The van der Waals surface area contributed by atoms with Gasteiger partial charge in [0.15, 0.2) is 0 Å². The van der Waals surface area contributed by atoms with Gasteiger partial charge in [0.2, 0.25) is 5.91 Å². The van der Waals surface area contributed by atoms with Crippen molar-refractivity contribution in [3.63, 3.8) is 0 Å². The van der Waals surface area contributed by atoms with Gasteiger partial charge in [0.25, 0.3) is 0 Å². The Morgan fingerprint density at radius 3 is 2.65 bits per heavy atom. The van der Waals surface area contributed by atoms with Crippen LogP contribution in [0.15, 0.2) is 48.5 Å². The van der Waals surface area contributed by atoms with Gasteiger partial charge in [0.05, 0.1) is 12.0 Å². The minimum absolute atomic E-state index is 0.0192. The van der Waals surface area contributed by atoms with Crippen LogP contribution in [0.1, 0.15) is 23.6 Å². The fourth-order valence-electron chi connectivity index (χ4n) is 3.06. The highest BCUT2D eigenvalue weighted by atomic mass is 19.4. The third-order valence-electron chi connectivity index (χ3n) is 4.09. The molecule has 120 valence electrons. The van der Waals surface area contributed by atoms with Crippen LogP contribution in [0.2, 0.25) is 0 Å². The van der Waals surface area contributed by atoms with E-state index in [1.807, 2.05) is 31.2 Å². The summed E-state index contributed by atoms with van der Waals surface area (Å²) in [4.78, 5) is 14.3. The molecule has 0 N–H and O–H groups in total. The Balaban J connectivity index is 1.83. The molecule has 0 saturated heterocycles. The number of nitrogens with zero attached hydrogens (tertiary/aromatic N) is 1. The molecule has 3 rings (SSSR count). The van der Waals surface area contributed by atoms with Crippen LogP contribution in [0.25, 0.3) is 0 Å². The predicted octanol–water partition coefficient (Wildman–Crippen LogP) is 4.23. The average molecular weight is 319 g/mol. The topological polar surface area (TPSA) is 20.3 Å². The minimum Gasteiger partial charge on any atom is -0.309 e. The Labute approximate surface area is 132 Å². The molecule has 0 aromatic heterocycles. The lowest BCUT2D eigenvalue weighted by Gasteiger charge is -2.23.